The van der Waals surface area contributed by atoms with Crippen molar-refractivity contribution in [1.29, 1.82) is 0 Å². The number of rotatable bonds is 7. The lowest BCUT2D eigenvalue weighted by atomic mass is 10.1. The first-order valence-corrected chi connectivity index (χ1v) is 12.5. The number of nitrogens with one attached hydrogen (secondary N) is 2. The number of ether oxygens (including phenoxy) is 2. The fourth-order valence-corrected chi connectivity index (χ4v) is 5.26. The van der Waals surface area contributed by atoms with Crippen LogP contribution in [0, 0.1) is 6.92 Å². The molecule has 2 N–H and O–H groups in total. The van der Waals surface area contributed by atoms with Crippen LogP contribution in [0.15, 0.2) is 48.0 Å². The molecule has 0 spiro atoms. The SMILES string of the molecule is COc1cc(C(=O)Nc2ccccc2-c2cn3c(CN4CCNCC4)csc3n2)cc(OC)c1C. The summed E-state index contributed by atoms with van der Waals surface area (Å²) < 4.78 is 13.0. The van der Waals surface area contributed by atoms with Crippen molar-refractivity contribution in [2.24, 2.45) is 0 Å². The molecule has 2 aromatic heterocycles. The summed E-state index contributed by atoms with van der Waals surface area (Å²) in [6.45, 7) is 6.93. The standard InChI is InChI=1S/C26H29N5O3S/c1-17-23(33-2)12-18(13-24(17)34-3)25(32)28-21-7-5-4-6-20(21)22-15-31-19(16-35-26(31)29-22)14-30-10-8-27-9-11-30/h4-7,12-13,15-16,27H,8-11,14H2,1-3H3,(H,28,32). The topological polar surface area (TPSA) is 80.1 Å². The highest BCUT2D eigenvalue weighted by Crippen LogP contribution is 2.32. The summed E-state index contributed by atoms with van der Waals surface area (Å²) in [6.07, 6.45) is 2.06. The van der Waals surface area contributed by atoms with Crippen LogP contribution in [-0.4, -0.2) is 60.6 Å². The number of carbonyl (C=O) groups is 1. The predicted octanol–water partition coefficient (Wildman–Crippen LogP) is 4.05. The number of amides is 1. The maximum absolute atomic E-state index is 13.2. The maximum atomic E-state index is 13.2. The largest absolute Gasteiger partial charge is 0.496 e. The summed E-state index contributed by atoms with van der Waals surface area (Å²) in [5, 5.41) is 8.63. The third-order valence-corrected chi connectivity index (χ3v) is 7.23. The van der Waals surface area contributed by atoms with E-state index in [1.165, 1.54) is 5.69 Å². The van der Waals surface area contributed by atoms with E-state index in [-0.39, 0.29) is 5.91 Å². The average Bonchev–Trinajstić information content (AvgIpc) is 3.47. The normalized spacial score (nSPS) is 14.3. The quantitative estimate of drug-likeness (QED) is 0.406. The number of anilines is 1. The van der Waals surface area contributed by atoms with Gasteiger partial charge in [-0.2, -0.15) is 0 Å². The van der Waals surface area contributed by atoms with Crippen molar-refractivity contribution in [3.05, 3.63) is 64.8 Å². The molecule has 4 aromatic rings. The Kier molecular flexibility index (Phi) is 6.72. The third-order valence-electron chi connectivity index (χ3n) is 6.34. The number of piperazine rings is 1. The first-order valence-electron chi connectivity index (χ1n) is 11.6. The van der Waals surface area contributed by atoms with Crippen LogP contribution in [0.25, 0.3) is 16.2 Å². The van der Waals surface area contributed by atoms with Gasteiger partial charge in [-0.25, -0.2) is 4.98 Å². The number of benzene rings is 2. The lowest BCUT2D eigenvalue weighted by Crippen LogP contribution is -2.43. The molecule has 0 atom stereocenters. The van der Waals surface area contributed by atoms with Gasteiger partial charge in [0.05, 0.1) is 25.6 Å². The molecule has 3 heterocycles. The number of carbonyl (C=O) groups excluding carboxylic acids is 1. The molecule has 2 aromatic carbocycles. The van der Waals surface area contributed by atoms with Crippen molar-refractivity contribution >= 4 is 27.9 Å². The highest BCUT2D eigenvalue weighted by atomic mass is 32.1. The van der Waals surface area contributed by atoms with Crippen molar-refractivity contribution in [3.8, 4) is 22.8 Å². The summed E-state index contributed by atoms with van der Waals surface area (Å²) >= 11 is 1.64. The second kappa shape index (κ2) is 10.1. The lowest BCUT2D eigenvalue weighted by molar-refractivity contribution is 0.102. The van der Waals surface area contributed by atoms with E-state index < -0.39 is 0 Å². The van der Waals surface area contributed by atoms with E-state index in [0.29, 0.717) is 22.7 Å². The van der Waals surface area contributed by atoms with E-state index in [2.05, 4.69) is 31.5 Å². The van der Waals surface area contributed by atoms with Gasteiger partial charge in [0.15, 0.2) is 4.96 Å². The minimum absolute atomic E-state index is 0.241. The van der Waals surface area contributed by atoms with E-state index >= 15 is 0 Å². The van der Waals surface area contributed by atoms with Crippen molar-refractivity contribution in [2.45, 2.75) is 13.5 Å². The molecule has 1 amide bonds. The number of methoxy groups -OCH3 is 2. The third kappa shape index (κ3) is 4.75. The molecule has 5 rings (SSSR count). The zero-order chi connectivity index (χ0) is 24.4. The van der Waals surface area contributed by atoms with E-state index in [4.69, 9.17) is 14.5 Å². The minimum atomic E-state index is -0.241. The molecule has 1 aliphatic rings. The van der Waals surface area contributed by atoms with Crippen LogP contribution < -0.4 is 20.1 Å². The Morgan fingerprint density at radius 3 is 2.57 bits per heavy atom. The van der Waals surface area contributed by atoms with E-state index in [0.717, 1.165) is 54.5 Å². The number of thiazole rings is 1. The van der Waals surface area contributed by atoms with Crippen LogP contribution in [0.4, 0.5) is 5.69 Å². The Bertz CT molecular complexity index is 1330. The first-order chi connectivity index (χ1) is 17.1. The van der Waals surface area contributed by atoms with Gasteiger partial charge in [-0.1, -0.05) is 18.2 Å². The Hall–Kier alpha value is -3.40. The highest BCUT2D eigenvalue weighted by molar-refractivity contribution is 7.15. The molecule has 9 heteroatoms. The zero-order valence-corrected chi connectivity index (χ0v) is 20.9. The van der Waals surface area contributed by atoms with Crippen LogP contribution in [0.3, 0.4) is 0 Å². The second-order valence-corrected chi connectivity index (χ2v) is 9.37. The number of nitrogens with zero attached hydrogens (tertiary/aromatic N) is 3. The van der Waals surface area contributed by atoms with Crippen molar-refractivity contribution in [2.75, 3.05) is 45.7 Å². The molecular weight excluding hydrogens is 462 g/mol. The Labute approximate surface area is 208 Å². The van der Waals surface area contributed by atoms with Crippen LogP contribution in [0.2, 0.25) is 0 Å². The summed E-state index contributed by atoms with van der Waals surface area (Å²) in [7, 11) is 3.17. The number of hydrogen-bond donors (Lipinski definition) is 2. The molecule has 182 valence electrons. The predicted molar refractivity (Wildman–Crippen MR) is 139 cm³/mol. The summed E-state index contributed by atoms with van der Waals surface area (Å²) in [5.74, 6) is 0.970. The summed E-state index contributed by atoms with van der Waals surface area (Å²) in [5.41, 5.74) is 4.94. The van der Waals surface area contributed by atoms with Gasteiger partial charge in [-0.3, -0.25) is 14.1 Å². The number of para-hydroxylation sites is 1. The van der Waals surface area contributed by atoms with Gasteiger partial charge in [-0.15, -0.1) is 11.3 Å². The van der Waals surface area contributed by atoms with E-state index in [1.807, 2.05) is 31.2 Å². The molecule has 1 fully saturated rings. The van der Waals surface area contributed by atoms with Gasteiger partial charge in [-0.05, 0) is 25.1 Å². The van der Waals surface area contributed by atoms with Gasteiger partial charge >= 0.3 is 0 Å². The number of fused-ring (bicyclic) bond motifs is 1. The Morgan fingerprint density at radius 1 is 1.14 bits per heavy atom. The van der Waals surface area contributed by atoms with Crippen molar-refractivity contribution < 1.29 is 14.3 Å². The Morgan fingerprint density at radius 2 is 1.86 bits per heavy atom. The zero-order valence-electron chi connectivity index (χ0n) is 20.1. The number of hydrogen-bond acceptors (Lipinski definition) is 7. The molecule has 1 saturated heterocycles. The van der Waals surface area contributed by atoms with Gasteiger partial charge in [0.25, 0.3) is 5.91 Å². The maximum Gasteiger partial charge on any atom is 0.255 e. The summed E-state index contributed by atoms with van der Waals surface area (Å²) in [4.78, 5) is 21.4. The molecule has 0 unspecified atom stereocenters. The average molecular weight is 492 g/mol. The van der Waals surface area contributed by atoms with Gasteiger partial charge in [0.2, 0.25) is 0 Å². The smallest absolute Gasteiger partial charge is 0.255 e. The first kappa shape index (κ1) is 23.3. The van der Waals surface area contributed by atoms with Crippen LogP contribution in [0.1, 0.15) is 21.6 Å². The number of imidazole rings is 1. The molecule has 0 aliphatic carbocycles. The molecule has 0 radical (unpaired) electrons. The number of aromatic nitrogens is 2. The Balaban J connectivity index is 1.42. The van der Waals surface area contributed by atoms with E-state index in [9.17, 15) is 4.79 Å². The van der Waals surface area contributed by atoms with Crippen molar-refractivity contribution in [3.63, 3.8) is 0 Å². The summed E-state index contributed by atoms with van der Waals surface area (Å²) in [6, 6.07) is 11.2. The fourth-order valence-electron chi connectivity index (χ4n) is 4.40. The van der Waals surface area contributed by atoms with Crippen molar-refractivity contribution in [1.82, 2.24) is 19.6 Å². The molecule has 1 aliphatic heterocycles. The molecule has 0 bridgehead atoms. The van der Waals surface area contributed by atoms with Crippen LogP contribution >= 0.6 is 11.3 Å². The molecule has 0 saturated carbocycles. The second-order valence-electron chi connectivity index (χ2n) is 8.54. The van der Waals surface area contributed by atoms with Gasteiger partial charge in [0.1, 0.15) is 11.5 Å². The van der Waals surface area contributed by atoms with E-state index in [1.54, 1.807) is 37.7 Å². The van der Waals surface area contributed by atoms with Gasteiger partial charge in [0, 0.05) is 66.7 Å². The monoisotopic (exact) mass is 491 g/mol. The van der Waals surface area contributed by atoms with Gasteiger partial charge < -0.3 is 20.1 Å². The fraction of sp³-hybridized carbons (Fsp3) is 0.308. The minimum Gasteiger partial charge on any atom is -0.496 e. The van der Waals surface area contributed by atoms with Crippen LogP contribution in [-0.2, 0) is 6.54 Å². The molecule has 35 heavy (non-hydrogen) atoms. The highest BCUT2D eigenvalue weighted by Gasteiger charge is 2.18. The van der Waals surface area contributed by atoms with Crippen LogP contribution in [0.5, 0.6) is 11.5 Å². The molecule has 8 nitrogen and oxygen atoms in total. The lowest BCUT2D eigenvalue weighted by Gasteiger charge is -2.26. The molecular formula is C26H29N5O3S.